The molecule has 2 fully saturated rings. The first-order valence-electron chi connectivity index (χ1n) is 10.6. The minimum absolute atomic E-state index is 0.0981. The Bertz CT molecular complexity index is 954. The van der Waals surface area contributed by atoms with E-state index in [4.69, 9.17) is 4.74 Å². The van der Waals surface area contributed by atoms with Gasteiger partial charge < -0.3 is 14.0 Å². The first-order chi connectivity index (χ1) is 13.5. The van der Waals surface area contributed by atoms with Crippen molar-refractivity contribution in [1.29, 1.82) is 0 Å². The van der Waals surface area contributed by atoms with Crippen LogP contribution in [0.4, 0.5) is 4.79 Å². The van der Waals surface area contributed by atoms with Crippen LogP contribution < -0.4 is 0 Å². The fraction of sp³-hybridized carbons (Fsp3) is 0.583. The van der Waals surface area contributed by atoms with Crippen molar-refractivity contribution < 1.29 is 14.3 Å². The minimum atomic E-state index is -0.485. The number of ether oxygens (including phenoxy) is 1. The van der Waals surface area contributed by atoms with Crippen LogP contribution in [0.15, 0.2) is 30.5 Å². The standard InChI is InChI=1S/C24H32N2O3/c1-15-8-7-11-26-18(15)9-10-20(26)24(5,6)12-19(27)21-16-13-25(14-17(16)21)22(28)29-23(2,3)4/h7-11,16-17,21H,12-14H2,1-6H3/t16-,17+,21?. The Hall–Kier alpha value is -2.30. The van der Waals surface area contributed by atoms with Crippen LogP contribution in [-0.2, 0) is 14.9 Å². The van der Waals surface area contributed by atoms with Crippen molar-refractivity contribution >= 4 is 17.4 Å². The zero-order valence-electron chi connectivity index (χ0n) is 18.4. The lowest BCUT2D eigenvalue weighted by molar-refractivity contribution is -0.122. The van der Waals surface area contributed by atoms with E-state index < -0.39 is 5.60 Å². The van der Waals surface area contributed by atoms with Crippen LogP contribution in [-0.4, -0.2) is 39.9 Å². The predicted molar refractivity (Wildman–Crippen MR) is 113 cm³/mol. The summed E-state index contributed by atoms with van der Waals surface area (Å²) in [5.41, 5.74) is 2.88. The SMILES string of the molecule is Cc1cccn2c(C(C)(C)CC(=O)C3[C@H]4CN(C(=O)OC(C)(C)C)C[C@@H]34)ccc12. The average molecular weight is 397 g/mol. The molecule has 0 radical (unpaired) electrons. The molecule has 2 aromatic heterocycles. The number of likely N-dealkylation sites (tertiary alicyclic amines) is 1. The number of hydrogen-bond acceptors (Lipinski definition) is 3. The summed E-state index contributed by atoms with van der Waals surface area (Å²) >= 11 is 0. The molecule has 0 N–H and O–H groups in total. The van der Waals surface area contributed by atoms with E-state index in [9.17, 15) is 9.59 Å². The molecular formula is C24H32N2O3. The molecule has 3 atom stereocenters. The van der Waals surface area contributed by atoms with Crippen LogP contribution in [0, 0.1) is 24.7 Å². The maximum absolute atomic E-state index is 13.1. The van der Waals surface area contributed by atoms with Crippen molar-refractivity contribution in [3.8, 4) is 0 Å². The fourth-order valence-corrected chi connectivity index (χ4v) is 4.96. The van der Waals surface area contributed by atoms with Gasteiger partial charge in [-0.2, -0.15) is 0 Å². The highest BCUT2D eigenvalue weighted by atomic mass is 16.6. The lowest BCUT2D eigenvalue weighted by atomic mass is 9.82. The predicted octanol–water partition coefficient (Wildman–Crippen LogP) is 4.60. The van der Waals surface area contributed by atoms with Gasteiger partial charge in [0, 0.05) is 48.3 Å². The summed E-state index contributed by atoms with van der Waals surface area (Å²) in [4.78, 5) is 27.1. The van der Waals surface area contributed by atoms with E-state index in [-0.39, 0.29) is 17.4 Å². The van der Waals surface area contributed by atoms with E-state index in [0.29, 0.717) is 37.1 Å². The number of Topliss-reactive ketones (excluding diaryl/α,β-unsaturated/α-hetero) is 1. The number of nitrogens with zero attached hydrogens (tertiary/aromatic N) is 2. The largest absolute Gasteiger partial charge is 0.444 e. The Morgan fingerprint density at radius 2 is 1.72 bits per heavy atom. The topological polar surface area (TPSA) is 51.0 Å². The fourth-order valence-electron chi connectivity index (χ4n) is 4.96. The van der Waals surface area contributed by atoms with Crippen LogP contribution in [0.1, 0.15) is 52.3 Å². The summed E-state index contributed by atoms with van der Waals surface area (Å²) in [5, 5.41) is 0. The Kier molecular flexibility index (Phi) is 4.56. The van der Waals surface area contributed by atoms with Crippen LogP contribution in [0.25, 0.3) is 5.52 Å². The molecule has 1 saturated heterocycles. The minimum Gasteiger partial charge on any atom is -0.444 e. The number of ketones is 1. The summed E-state index contributed by atoms with van der Waals surface area (Å²) in [6.45, 7) is 13.3. The Balaban J connectivity index is 1.40. The highest BCUT2D eigenvalue weighted by Crippen LogP contribution is 2.53. The summed E-state index contributed by atoms with van der Waals surface area (Å²) in [5.74, 6) is 1.03. The molecule has 1 amide bonds. The van der Waals surface area contributed by atoms with E-state index in [1.807, 2.05) is 20.8 Å². The van der Waals surface area contributed by atoms with Gasteiger partial charge in [0.05, 0.1) is 0 Å². The van der Waals surface area contributed by atoms with Crippen LogP contribution in [0.5, 0.6) is 0 Å². The van der Waals surface area contributed by atoms with E-state index in [1.165, 1.54) is 16.8 Å². The van der Waals surface area contributed by atoms with Crippen molar-refractivity contribution in [2.75, 3.05) is 13.1 Å². The van der Waals surface area contributed by atoms with Gasteiger partial charge in [0.1, 0.15) is 11.4 Å². The third-order valence-corrected chi connectivity index (χ3v) is 6.43. The molecule has 3 heterocycles. The molecule has 5 nitrogen and oxygen atoms in total. The summed E-state index contributed by atoms with van der Waals surface area (Å²) in [7, 11) is 0. The lowest BCUT2D eigenvalue weighted by Crippen LogP contribution is -2.37. The van der Waals surface area contributed by atoms with Crippen molar-refractivity contribution in [1.82, 2.24) is 9.30 Å². The Labute approximate surface area is 173 Å². The number of aryl methyl sites for hydroxylation is 1. The molecule has 1 aliphatic carbocycles. The van der Waals surface area contributed by atoms with Gasteiger partial charge in [0.15, 0.2) is 0 Å². The lowest BCUT2D eigenvalue weighted by Gasteiger charge is -2.27. The van der Waals surface area contributed by atoms with Gasteiger partial charge in [0.2, 0.25) is 0 Å². The van der Waals surface area contributed by atoms with Crippen molar-refractivity contribution in [2.24, 2.45) is 17.8 Å². The molecule has 5 heteroatoms. The summed E-state index contributed by atoms with van der Waals surface area (Å²) in [6, 6.07) is 8.45. The number of fused-ring (bicyclic) bond motifs is 2. The molecule has 29 heavy (non-hydrogen) atoms. The van der Waals surface area contributed by atoms with Crippen LogP contribution in [0.3, 0.4) is 0 Å². The highest BCUT2D eigenvalue weighted by Gasteiger charge is 2.60. The van der Waals surface area contributed by atoms with E-state index in [0.717, 1.165) is 0 Å². The quantitative estimate of drug-likeness (QED) is 0.759. The van der Waals surface area contributed by atoms with Crippen molar-refractivity contribution in [3.63, 3.8) is 0 Å². The first-order valence-corrected chi connectivity index (χ1v) is 10.6. The molecule has 4 rings (SSSR count). The number of aromatic nitrogens is 1. The van der Waals surface area contributed by atoms with Gasteiger partial charge in [-0.05, 0) is 63.3 Å². The van der Waals surface area contributed by atoms with E-state index in [1.54, 1.807) is 4.90 Å². The van der Waals surface area contributed by atoms with Gasteiger partial charge >= 0.3 is 6.09 Å². The zero-order chi connectivity index (χ0) is 21.1. The zero-order valence-corrected chi connectivity index (χ0v) is 18.4. The van der Waals surface area contributed by atoms with Crippen LogP contribution >= 0.6 is 0 Å². The molecule has 0 aromatic carbocycles. The van der Waals surface area contributed by atoms with Gasteiger partial charge in [-0.15, -0.1) is 0 Å². The molecule has 1 unspecified atom stereocenters. The third-order valence-electron chi connectivity index (χ3n) is 6.43. The first kappa shape index (κ1) is 20.0. The number of hydrogen-bond donors (Lipinski definition) is 0. The second kappa shape index (κ2) is 6.61. The molecule has 0 spiro atoms. The van der Waals surface area contributed by atoms with E-state index in [2.05, 4.69) is 55.6 Å². The number of amides is 1. The Morgan fingerprint density at radius 1 is 1.07 bits per heavy atom. The van der Waals surface area contributed by atoms with Gasteiger partial charge in [-0.1, -0.05) is 19.9 Å². The second-order valence-corrected chi connectivity index (χ2v) is 10.4. The number of piperidine rings is 1. The molecule has 156 valence electrons. The van der Waals surface area contributed by atoms with Gasteiger partial charge in [0.25, 0.3) is 0 Å². The number of rotatable bonds is 4. The normalized spacial score (nSPS) is 23.9. The van der Waals surface area contributed by atoms with E-state index >= 15 is 0 Å². The molecule has 1 aliphatic heterocycles. The molecule has 2 aromatic rings. The van der Waals surface area contributed by atoms with Crippen molar-refractivity contribution in [3.05, 3.63) is 41.7 Å². The van der Waals surface area contributed by atoms with Gasteiger partial charge in [-0.3, -0.25) is 4.79 Å². The smallest absolute Gasteiger partial charge is 0.410 e. The third kappa shape index (κ3) is 3.67. The molecular weight excluding hydrogens is 364 g/mol. The highest BCUT2D eigenvalue weighted by molar-refractivity contribution is 5.86. The molecule has 0 bridgehead atoms. The summed E-state index contributed by atoms with van der Waals surface area (Å²) < 4.78 is 7.67. The monoisotopic (exact) mass is 396 g/mol. The molecule has 2 aliphatic rings. The van der Waals surface area contributed by atoms with Gasteiger partial charge in [-0.25, -0.2) is 4.79 Å². The number of pyridine rings is 1. The van der Waals surface area contributed by atoms with Crippen LogP contribution in [0.2, 0.25) is 0 Å². The average Bonchev–Trinajstić information content (AvgIpc) is 2.96. The maximum Gasteiger partial charge on any atom is 0.410 e. The number of carbonyl (C=O) groups excluding carboxylic acids is 2. The molecule has 1 saturated carbocycles. The Morgan fingerprint density at radius 3 is 2.34 bits per heavy atom. The second-order valence-electron chi connectivity index (χ2n) is 10.4. The maximum atomic E-state index is 13.1. The number of carbonyl (C=O) groups is 2. The summed E-state index contributed by atoms with van der Waals surface area (Å²) in [6.07, 6.45) is 2.34. The van der Waals surface area contributed by atoms with Crippen molar-refractivity contribution in [2.45, 2.75) is 59.0 Å².